The number of likely N-dealkylation sites (tertiary alicyclic amines) is 1. The number of aromatic nitrogens is 2. The van der Waals surface area contributed by atoms with Crippen molar-refractivity contribution in [2.24, 2.45) is 0 Å². The van der Waals surface area contributed by atoms with Crippen molar-refractivity contribution in [3.63, 3.8) is 0 Å². The average molecular weight is 382 g/mol. The van der Waals surface area contributed by atoms with Crippen molar-refractivity contribution < 1.29 is 14.3 Å². The molecule has 3 heterocycles. The van der Waals surface area contributed by atoms with Gasteiger partial charge in [0, 0.05) is 36.7 Å². The highest BCUT2D eigenvalue weighted by Crippen LogP contribution is 2.33. The zero-order valence-electron chi connectivity index (χ0n) is 16.2. The fraction of sp³-hybridized carbons (Fsp3) is 0.476. The first-order valence-electron chi connectivity index (χ1n) is 9.74. The summed E-state index contributed by atoms with van der Waals surface area (Å²) in [7, 11) is 1.57. The minimum Gasteiger partial charge on any atom is -0.467 e. The van der Waals surface area contributed by atoms with Crippen molar-refractivity contribution in [3.8, 4) is 6.01 Å². The topological polar surface area (TPSA) is 67.8 Å². The van der Waals surface area contributed by atoms with E-state index in [1.54, 1.807) is 7.11 Å². The lowest BCUT2D eigenvalue weighted by molar-refractivity contribution is -0.140. The number of hydrogen-bond donors (Lipinski definition) is 0. The third kappa shape index (κ3) is 4.15. The predicted molar refractivity (Wildman–Crippen MR) is 105 cm³/mol. The van der Waals surface area contributed by atoms with Gasteiger partial charge in [-0.25, -0.2) is 9.97 Å². The molecule has 148 valence electrons. The first-order valence-corrected chi connectivity index (χ1v) is 9.74. The van der Waals surface area contributed by atoms with Gasteiger partial charge in [-0.1, -0.05) is 18.2 Å². The second-order valence-electron chi connectivity index (χ2n) is 7.49. The van der Waals surface area contributed by atoms with E-state index in [-0.39, 0.29) is 18.1 Å². The van der Waals surface area contributed by atoms with Crippen molar-refractivity contribution in [3.05, 3.63) is 48.3 Å². The summed E-state index contributed by atoms with van der Waals surface area (Å²) in [4.78, 5) is 25.1. The van der Waals surface area contributed by atoms with Crippen molar-refractivity contribution in [2.45, 2.75) is 31.4 Å². The molecule has 7 nitrogen and oxygen atoms in total. The van der Waals surface area contributed by atoms with Crippen LogP contribution in [-0.2, 0) is 16.1 Å². The van der Waals surface area contributed by atoms with Crippen LogP contribution in [0.25, 0.3) is 0 Å². The molecule has 0 bridgehead atoms. The SMILES string of the molecule is COc1ncc(CN2CCCC3(CC2)CN(c2ccccc2)C(=O)CO3)cn1. The molecule has 0 N–H and O–H groups in total. The Kier molecular flexibility index (Phi) is 5.54. The maximum atomic E-state index is 12.4. The Morgan fingerprint density at radius 2 is 1.93 bits per heavy atom. The first-order chi connectivity index (χ1) is 13.7. The van der Waals surface area contributed by atoms with E-state index in [0.717, 1.165) is 50.1 Å². The number of amides is 1. The predicted octanol–water partition coefficient (Wildman–Crippen LogP) is 2.27. The number of para-hydroxylation sites is 1. The summed E-state index contributed by atoms with van der Waals surface area (Å²) in [5.74, 6) is 0.0355. The molecular formula is C21H26N4O3. The molecule has 2 fully saturated rings. The standard InChI is InChI=1S/C21H26N4O3/c1-27-20-22-12-17(13-23-20)14-24-10-5-8-21(9-11-24)16-25(19(26)15-28-21)18-6-3-2-4-7-18/h2-4,6-7,12-13H,5,8-11,14-16H2,1H3. The normalized spacial score (nSPS) is 23.6. The van der Waals surface area contributed by atoms with Gasteiger partial charge in [-0.3, -0.25) is 9.69 Å². The van der Waals surface area contributed by atoms with Gasteiger partial charge in [-0.15, -0.1) is 0 Å². The highest BCUT2D eigenvalue weighted by molar-refractivity contribution is 5.95. The summed E-state index contributed by atoms with van der Waals surface area (Å²) >= 11 is 0. The number of hydrogen-bond acceptors (Lipinski definition) is 6. The zero-order valence-corrected chi connectivity index (χ0v) is 16.2. The molecule has 0 radical (unpaired) electrons. The van der Waals surface area contributed by atoms with E-state index in [9.17, 15) is 4.79 Å². The van der Waals surface area contributed by atoms with Gasteiger partial charge in [0.05, 0.1) is 19.3 Å². The van der Waals surface area contributed by atoms with Gasteiger partial charge in [0.15, 0.2) is 0 Å². The fourth-order valence-corrected chi connectivity index (χ4v) is 4.03. The highest BCUT2D eigenvalue weighted by Gasteiger charge is 2.41. The van der Waals surface area contributed by atoms with Gasteiger partial charge in [0.25, 0.3) is 5.91 Å². The monoisotopic (exact) mass is 382 g/mol. The summed E-state index contributed by atoms with van der Waals surface area (Å²) in [6.07, 6.45) is 6.53. The van der Waals surface area contributed by atoms with E-state index in [1.165, 1.54) is 0 Å². The molecule has 28 heavy (non-hydrogen) atoms. The minimum absolute atomic E-state index is 0.0355. The van der Waals surface area contributed by atoms with Crippen molar-refractivity contribution in [2.75, 3.05) is 38.3 Å². The lowest BCUT2D eigenvalue weighted by Crippen LogP contribution is -2.55. The molecule has 1 atom stereocenters. The Balaban J connectivity index is 1.41. The van der Waals surface area contributed by atoms with Crippen LogP contribution >= 0.6 is 0 Å². The van der Waals surface area contributed by atoms with E-state index < -0.39 is 0 Å². The quantitative estimate of drug-likeness (QED) is 0.808. The lowest BCUT2D eigenvalue weighted by Gasteiger charge is -2.42. The molecular weight excluding hydrogens is 356 g/mol. The number of ether oxygens (including phenoxy) is 2. The molecule has 1 spiro atoms. The van der Waals surface area contributed by atoms with Crippen molar-refractivity contribution in [1.82, 2.24) is 14.9 Å². The third-order valence-corrected chi connectivity index (χ3v) is 5.58. The molecule has 4 rings (SSSR count). The van der Waals surface area contributed by atoms with E-state index >= 15 is 0 Å². The highest BCUT2D eigenvalue weighted by atomic mass is 16.5. The summed E-state index contributed by atoms with van der Waals surface area (Å²) in [6.45, 7) is 3.50. The number of morpholine rings is 1. The third-order valence-electron chi connectivity index (χ3n) is 5.58. The summed E-state index contributed by atoms with van der Waals surface area (Å²) in [6, 6.07) is 10.3. The number of carbonyl (C=O) groups is 1. The van der Waals surface area contributed by atoms with Gasteiger partial charge in [-0.05, 0) is 37.9 Å². The van der Waals surface area contributed by atoms with Gasteiger partial charge in [-0.2, -0.15) is 0 Å². The smallest absolute Gasteiger partial charge is 0.316 e. The Bertz CT molecular complexity index is 799. The molecule has 2 saturated heterocycles. The van der Waals surface area contributed by atoms with Crippen LogP contribution < -0.4 is 9.64 Å². The second-order valence-corrected chi connectivity index (χ2v) is 7.49. The number of nitrogens with zero attached hydrogens (tertiary/aromatic N) is 4. The molecule has 2 aliphatic rings. The molecule has 7 heteroatoms. The molecule has 1 unspecified atom stereocenters. The maximum Gasteiger partial charge on any atom is 0.316 e. The van der Waals surface area contributed by atoms with Gasteiger partial charge in [0.1, 0.15) is 6.61 Å². The molecule has 2 aromatic rings. The van der Waals surface area contributed by atoms with E-state index in [2.05, 4.69) is 14.9 Å². The number of methoxy groups -OCH3 is 1. The van der Waals surface area contributed by atoms with Crippen LogP contribution in [0.5, 0.6) is 6.01 Å². The Morgan fingerprint density at radius 3 is 2.68 bits per heavy atom. The van der Waals surface area contributed by atoms with E-state index in [1.807, 2.05) is 47.6 Å². The van der Waals surface area contributed by atoms with E-state index in [4.69, 9.17) is 9.47 Å². The van der Waals surface area contributed by atoms with Gasteiger partial charge >= 0.3 is 6.01 Å². The maximum absolute atomic E-state index is 12.4. The van der Waals surface area contributed by atoms with Crippen LogP contribution in [0, 0.1) is 0 Å². The fourth-order valence-electron chi connectivity index (χ4n) is 4.03. The average Bonchev–Trinajstić information content (AvgIpc) is 2.93. The van der Waals surface area contributed by atoms with E-state index in [0.29, 0.717) is 12.6 Å². The van der Waals surface area contributed by atoms with Gasteiger partial charge < -0.3 is 14.4 Å². The minimum atomic E-state index is -0.269. The summed E-state index contributed by atoms with van der Waals surface area (Å²) < 4.78 is 11.1. The first kappa shape index (κ1) is 18.8. The molecule has 1 aromatic heterocycles. The van der Waals surface area contributed by atoms with Crippen LogP contribution in [-0.4, -0.2) is 59.7 Å². The summed E-state index contributed by atoms with van der Waals surface area (Å²) in [5.41, 5.74) is 1.75. The van der Waals surface area contributed by atoms with Crippen molar-refractivity contribution in [1.29, 1.82) is 0 Å². The number of carbonyl (C=O) groups excluding carboxylic acids is 1. The molecule has 1 aromatic carbocycles. The number of rotatable bonds is 4. The lowest BCUT2D eigenvalue weighted by atomic mass is 9.92. The number of anilines is 1. The Labute approximate surface area is 165 Å². The zero-order chi connectivity index (χ0) is 19.4. The molecule has 2 aliphatic heterocycles. The van der Waals surface area contributed by atoms with Crippen LogP contribution in [0.4, 0.5) is 5.69 Å². The molecule has 1 amide bonds. The van der Waals surface area contributed by atoms with Crippen LogP contribution in [0.1, 0.15) is 24.8 Å². The largest absolute Gasteiger partial charge is 0.467 e. The Hall–Kier alpha value is -2.51. The van der Waals surface area contributed by atoms with Gasteiger partial charge in [0.2, 0.25) is 0 Å². The summed E-state index contributed by atoms with van der Waals surface area (Å²) in [5, 5.41) is 0. The van der Waals surface area contributed by atoms with Crippen LogP contribution in [0.15, 0.2) is 42.7 Å². The second kappa shape index (κ2) is 8.24. The molecule has 0 aliphatic carbocycles. The van der Waals surface area contributed by atoms with Crippen LogP contribution in [0.3, 0.4) is 0 Å². The Morgan fingerprint density at radius 1 is 1.14 bits per heavy atom. The van der Waals surface area contributed by atoms with Crippen LogP contribution in [0.2, 0.25) is 0 Å². The van der Waals surface area contributed by atoms with Crippen molar-refractivity contribution >= 4 is 11.6 Å². The number of benzene rings is 1. The molecule has 0 saturated carbocycles.